The molecular formula is C14H18N4O4S. The normalized spacial score (nSPS) is 15.7. The van der Waals surface area contributed by atoms with Gasteiger partial charge in [0.2, 0.25) is 0 Å². The molecule has 0 saturated carbocycles. The molecule has 3 rings (SSSR count). The molecule has 0 spiro atoms. The van der Waals surface area contributed by atoms with Gasteiger partial charge in [-0.25, -0.2) is 13.4 Å². The quantitative estimate of drug-likeness (QED) is 0.898. The number of aryl methyl sites for hydroxylation is 2. The van der Waals surface area contributed by atoms with Crippen LogP contribution in [0.2, 0.25) is 0 Å². The van der Waals surface area contributed by atoms with Gasteiger partial charge in [-0.05, 0) is 26.0 Å². The lowest BCUT2D eigenvalue weighted by molar-refractivity contribution is 0.122. The van der Waals surface area contributed by atoms with Crippen LogP contribution in [0, 0.1) is 13.8 Å². The number of ether oxygens (including phenoxy) is 1. The van der Waals surface area contributed by atoms with Gasteiger partial charge in [-0.15, -0.1) is 0 Å². The van der Waals surface area contributed by atoms with E-state index in [0.29, 0.717) is 43.5 Å². The zero-order chi connectivity index (χ0) is 16.4. The van der Waals surface area contributed by atoms with Gasteiger partial charge in [0, 0.05) is 19.3 Å². The van der Waals surface area contributed by atoms with Crippen molar-refractivity contribution in [3.05, 3.63) is 29.8 Å². The summed E-state index contributed by atoms with van der Waals surface area (Å²) in [6, 6.07) is 3.38. The minimum absolute atomic E-state index is 0.0641. The number of rotatable bonds is 4. The van der Waals surface area contributed by atoms with E-state index in [4.69, 9.17) is 9.26 Å². The molecule has 0 bridgehead atoms. The predicted molar refractivity (Wildman–Crippen MR) is 84.1 cm³/mol. The van der Waals surface area contributed by atoms with Crippen molar-refractivity contribution in [1.82, 2.24) is 10.1 Å². The van der Waals surface area contributed by atoms with Crippen LogP contribution in [0.25, 0.3) is 0 Å². The molecule has 8 nitrogen and oxygen atoms in total. The van der Waals surface area contributed by atoms with Crippen LogP contribution in [0.1, 0.15) is 11.5 Å². The molecule has 1 aliphatic heterocycles. The SMILES string of the molecule is Cc1noc(C)c1S(=O)(=O)Nc1cccnc1N1CCOCC1. The number of morpholine rings is 1. The van der Waals surface area contributed by atoms with E-state index in [-0.39, 0.29) is 10.7 Å². The van der Waals surface area contributed by atoms with E-state index in [1.807, 2.05) is 4.90 Å². The van der Waals surface area contributed by atoms with Gasteiger partial charge in [0.25, 0.3) is 10.0 Å². The van der Waals surface area contributed by atoms with Crippen LogP contribution < -0.4 is 9.62 Å². The second-order valence-electron chi connectivity index (χ2n) is 5.23. The topological polar surface area (TPSA) is 97.6 Å². The highest BCUT2D eigenvalue weighted by molar-refractivity contribution is 7.92. The van der Waals surface area contributed by atoms with Crippen LogP contribution in [-0.4, -0.2) is 44.9 Å². The zero-order valence-electron chi connectivity index (χ0n) is 12.9. The highest BCUT2D eigenvalue weighted by Gasteiger charge is 2.26. The zero-order valence-corrected chi connectivity index (χ0v) is 13.8. The average Bonchev–Trinajstić information content (AvgIpc) is 2.88. The summed E-state index contributed by atoms with van der Waals surface area (Å²) in [7, 11) is -3.80. The Balaban J connectivity index is 1.94. The number of nitrogens with one attached hydrogen (secondary N) is 1. The number of nitrogens with zero attached hydrogens (tertiary/aromatic N) is 3. The minimum Gasteiger partial charge on any atom is -0.378 e. The number of hydrogen-bond donors (Lipinski definition) is 1. The Bertz CT molecular complexity index is 777. The molecule has 2 aromatic rings. The second kappa shape index (κ2) is 6.17. The first-order valence-electron chi connectivity index (χ1n) is 7.22. The summed E-state index contributed by atoms with van der Waals surface area (Å²) in [5.41, 5.74) is 0.751. The van der Waals surface area contributed by atoms with Crippen molar-refractivity contribution >= 4 is 21.5 Å². The molecule has 1 saturated heterocycles. The Hall–Kier alpha value is -2.13. The summed E-state index contributed by atoms with van der Waals surface area (Å²) in [5.74, 6) is 0.845. The standard InChI is InChI=1S/C14H18N4O4S/c1-10-13(11(2)22-16-10)23(19,20)17-12-4-3-5-15-14(12)18-6-8-21-9-7-18/h3-5,17H,6-9H2,1-2H3. The van der Waals surface area contributed by atoms with E-state index < -0.39 is 10.0 Å². The molecule has 1 N–H and O–H groups in total. The maximum absolute atomic E-state index is 12.7. The van der Waals surface area contributed by atoms with Crippen molar-refractivity contribution in [3.8, 4) is 0 Å². The molecule has 0 unspecified atom stereocenters. The van der Waals surface area contributed by atoms with Gasteiger partial charge in [0.15, 0.2) is 16.5 Å². The first-order chi connectivity index (χ1) is 11.0. The average molecular weight is 338 g/mol. The van der Waals surface area contributed by atoms with Crippen molar-refractivity contribution in [1.29, 1.82) is 0 Å². The maximum Gasteiger partial charge on any atom is 0.267 e. The van der Waals surface area contributed by atoms with Gasteiger partial charge < -0.3 is 14.2 Å². The van der Waals surface area contributed by atoms with Crippen molar-refractivity contribution in [2.75, 3.05) is 35.9 Å². The molecule has 9 heteroatoms. The molecular weight excluding hydrogens is 320 g/mol. The highest BCUT2D eigenvalue weighted by Crippen LogP contribution is 2.28. The van der Waals surface area contributed by atoms with E-state index in [1.54, 1.807) is 32.2 Å². The van der Waals surface area contributed by atoms with E-state index in [0.717, 1.165) is 0 Å². The fraction of sp³-hybridized carbons (Fsp3) is 0.429. The molecule has 0 amide bonds. The molecule has 0 radical (unpaired) electrons. The van der Waals surface area contributed by atoms with Gasteiger partial charge in [-0.1, -0.05) is 5.16 Å². The lowest BCUT2D eigenvalue weighted by Crippen LogP contribution is -2.37. The minimum atomic E-state index is -3.80. The molecule has 23 heavy (non-hydrogen) atoms. The van der Waals surface area contributed by atoms with Crippen molar-refractivity contribution in [3.63, 3.8) is 0 Å². The summed E-state index contributed by atoms with van der Waals surface area (Å²) in [6.07, 6.45) is 1.64. The van der Waals surface area contributed by atoms with Gasteiger partial charge in [-0.2, -0.15) is 0 Å². The second-order valence-corrected chi connectivity index (χ2v) is 6.85. The molecule has 0 atom stereocenters. The third-order valence-corrected chi connectivity index (χ3v) is 5.19. The first-order valence-corrected chi connectivity index (χ1v) is 8.71. The molecule has 3 heterocycles. The number of aromatic nitrogens is 2. The number of pyridine rings is 1. The fourth-order valence-electron chi connectivity index (χ4n) is 2.56. The Kier molecular flexibility index (Phi) is 4.22. The molecule has 1 fully saturated rings. The Morgan fingerprint density at radius 3 is 2.65 bits per heavy atom. The summed E-state index contributed by atoms with van der Waals surface area (Å²) in [5, 5.41) is 3.70. The maximum atomic E-state index is 12.7. The van der Waals surface area contributed by atoms with Crippen LogP contribution >= 0.6 is 0 Å². The monoisotopic (exact) mass is 338 g/mol. The largest absolute Gasteiger partial charge is 0.378 e. The van der Waals surface area contributed by atoms with E-state index in [1.165, 1.54) is 0 Å². The molecule has 2 aromatic heterocycles. The molecule has 0 aliphatic carbocycles. The first kappa shape index (κ1) is 15.8. The van der Waals surface area contributed by atoms with Crippen LogP contribution in [0.3, 0.4) is 0 Å². The summed E-state index contributed by atoms with van der Waals surface area (Å²) < 4.78 is 38.2. The third kappa shape index (κ3) is 3.15. The van der Waals surface area contributed by atoms with E-state index in [9.17, 15) is 8.42 Å². The molecule has 1 aliphatic rings. The van der Waals surface area contributed by atoms with Gasteiger partial charge in [0.05, 0.1) is 18.9 Å². The Morgan fingerprint density at radius 1 is 1.26 bits per heavy atom. The summed E-state index contributed by atoms with van der Waals surface area (Å²) in [4.78, 5) is 6.38. The smallest absolute Gasteiger partial charge is 0.267 e. The summed E-state index contributed by atoms with van der Waals surface area (Å²) in [6.45, 7) is 5.67. The number of sulfonamides is 1. The van der Waals surface area contributed by atoms with Gasteiger partial charge in [-0.3, -0.25) is 4.72 Å². The molecule has 124 valence electrons. The van der Waals surface area contributed by atoms with Crippen LogP contribution in [0.5, 0.6) is 0 Å². The molecule has 0 aromatic carbocycles. The summed E-state index contributed by atoms with van der Waals surface area (Å²) >= 11 is 0. The van der Waals surface area contributed by atoms with Gasteiger partial charge >= 0.3 is 0 Å². The highest BCUT2D eigenvalue weighted by atomic mass is 32.2. The van der Waals surface area contributed by atoms with Crippen LogP contribution in [0.15, 0.2) is 27.7 Å². The fourth-order valence-corrected chi connectivity index (χ4v) is 3.95. The third-order valence-electron chi connectivity index (χ3n) is 3.58. The Morgan fingerprint density at radius 2 is 2.00 bits per heavy atom. The van der Waals surface area contributed by atoms with Crippen molar-refractivity contribution < 1.29 is 17.7 Å². The van der Waals surface area contributed by atoms with Crippen molar-refractivity contribution in [2.24, 2.45) is 0 Å². The Labute approximate surface area is 134 Å². The lowest BCUT2D eigenvalue weighted by atomic mass is 10.3. The van der Waals surface area contributed by atoms with Crippen LogP contribution in [-0.2, 0) is 14.8 Å². The predicted octanol–water partition coefficient (Wildman–Crippen LogP) is 1.32. The van der Waals surface area contributed by atoms with E-state index >= 15 is 0 Å². The van der Waals surface area contributed by atoms with Crippen molar-refractivity contribution in [2.45, 2.75) is 18.7 Å². The number of hydrogen-bond acceptors (Lipinski definition) is 7. The van der Waals surface area contributed by atoms with E-state index in [2.05, 4.69) is 14.9 Å². The van der Waals surface area contributed by atoms with Crippen LogP contribution in [0.4, 0.5) is 11.5 Å². The van der Waals surface area contributed by atoms with Gasteiger partial charge in [0.1, 0.15) is 5.69 Å². The number of anilines is 2. The lowest BCUT2D eigenvalue weighted by Gasteiger charge is -2.29.